The average Bonchev–Trinajstić information content (AvgIpc) is 3.42. The second-order valence-corrected chi connectivity index (χ2v) is 6.96. The summed E-state index contributed by atoms with van der Waals surface area (Å²) in [5, 5.41) is 15.7. The Morgan fingerprint density at radius 2 is 2.04 bits per heavy atom. The van der Waals surface area contributed by atoms with E-state index in [2.05, 4.69) is 5.32 Å². The van der Waals surface area contributed by atoms with Gasteiger partial charge in [-0.15, -0.1) is 11.3 Å². The normalized spacial score (nSPS) is 13.5. The number of nitrogens with zero attached hydrogens (tertiary/aromatic N) is 1. The van der Waals surface area contributed by atoms with Gasteiger partial charge in [-0.1, -0.05) is 18.2 Å². The second-order valence-electron chi connectivity index (χ2n) is 6.01. The Bertz CT molecular complexity index is 1070. The molecule has 0 unspecified atom stereocenters. The molecule has 0 aliphatic heterocycles. The first-order chi connectivity index (χ1) is 13.1. The van der Waals surface area contributed by atoms with Crippen LogP contribution in [0.2, 0.25) is 0 Å². The van der Waals surface area contributed by atoms with Crippen LogP contribution in [-0.4, -0.2) is 22.1 Å². The minimum Gasteiger partial charge on any atom is -0.466 e. The highest BCUT2D eigenvalue weighted by atomic mass is 32.1. The van der Waals surface area contributed by atoms with Crippen LogP contribution in [0.1, 0.15) is 10.6 Å². The molecule has 0 aliphatic rings. The van der Waals surface area contributed by atoms with E-state index in [1.165, 1.54) is 22.2 Å². The molecular formula is C19H16N2O5S. The molecule has 4 rings (SSSR count). The summed E-state index contributed by atoms with van der Waals surface area (Å²) in [5.74, 6) is -0.702. The van der Waals surface area contributed by atoms with Gasteiger partial charge in [0.1, 0.15) is 12.3 Å². The summed E-state index contributed by atoms with van der Waals surface area (Å²) in [7, 11) is 0. The Morgan fingerprint density at radius 3 is 2.78 bits per heavy atom. The maximum atomic E-state index is 12.4. The third kappa shape index (κ3) is 3.20. The van der Waals surface area contributed by atoms with Gasteiger partial charge < -0.3 is 19.3 Å². The number of hydrogen-bond donors (Lipinski definition) is 2. The summed E-state index contributed by atoms with van der Waals surface area (Å²) < 4.78 is 11.8. The van der Waals surface area contributed by atoms with Gasteiger partial charge in [0.25, 0.3) is 0 Å². The molecule has 8 heteroatoms. The molecule has 4 aromatic rings. The first-order valence-electron chi connectivity index (χ1n) is 8.23. The zero-order valence-corrected chi connectivity index (χ0v) is 14.9. The van der Waals surface area contributed by atoms with E-state index in [-0.39, 0.29) is 13.1 Å². The number of para-hydroxylation sites is 2. The highest BCUT2D eigenvalue weighted by Gasteiger charge is 2.36. The molecule has 3 heterocycles. The molecule has 1 atom stereocenters. The lowest BCUT2D eigenvalue weighted by Crippen LogP contribution is -2.42. The van der Waals surface area contributed by atoms with E-state index in [0.717, 1.165) is 0 Å². The minimum absolute atomic E-state index is 0.0929. The highest BCUT2D eigenvalue weighted by molar-refractivity contribution is 7.10. The maximum Gasteiger partial charge on any atom is 0.420 e. The summed E-state index contributed by atoms with van der Waals surface area (Å²) in [6.45, 7) is -0.307. The lowest BCUT2D eigenvalue weighted by molar-refractivity contribution is -0.122. The van der Waals surface area contributed by atoms with Crippen LogP contribution in [0.25, 0.3) is 11.1 Å². The van der Waals surface area contributed by atoms with Gasteiger partial charge >= 0.3 is 5.76 Å². The number of carbonyl (C=O) groups excluding carboxylic acids is 1. The topological polar surface area (TPSA) is 97.6 Å². The van der Waals surface area contributed by atoms with Gasteiger partial charge in [0.2, 0.25) is 5.91 Å². The fourth-order valence-electron chi connectivity index (χ4n) is 2.91. The summed E-state index contributed by atoms with van der Waals surface area (Å²) >= 11 is 1.36. The molecule has 0 aliphatic carbocycles. The summed E-state index contributed by atoms with van der Waals surface area (Å²) in [5.41, 5.74) is -0.533. The average molecular weight is 384 g/mol. The Morgan fingerprint density at radius 1 is 1.19 bits per heavy atom. The number of hydrogen-bond acceptors (Lipinski definition) is 6. The highest BCUT2D eigenvalue weighted by Crippen LogP contribution is 2.32. The Balaban J connectivity index is 1.54. The monoisotopic (exact) mass is 384 g/mol. The second kappa shape index (κ2) is 6.90. The van der Waals surface area contributed by atoms with Crippen LogP contribution >= 0.6 is 11.3 Å². The number of amides is 1. The van der Waals surface area contributed by atoms with Gasteiger partial charge in [0, 0.05) is 4.88 Å². The first kappa shape index (κ1) is 17.3. The van der Waals surface area contributed by atoms with E-state index in [1.807, 2.05) is 11.4 Å². The van der Waals surface area contributed by atoms with Gasteiger partial charge in [-0.25, -0.2) is 4.79 Å². The van der Waals surface area contributed by atoms with Crippen molar-refractivity contribution in [3.05, 3.63) is 81.4 Å². The summed E-state index contributed by atoms with van der Waals surface area (Å²) in [6, 6.07) is 13.8. The van der Waals surface area contributed by atoms with E-state index in [9.17, 15) is 14.7 Å². The van der Waals surface area contributed by atoms with E-state index in [4.69, 9.17) is 8.83 Å². The zero-order valence-electron chi connectivity index (χ0n) is 14.1. The van der Waals surface area contributed by atoms with Crippen molar-refractivity contribution >= 4 is 28.3 Å². The zero-order chi connectivity index (χ0) is 18.9. The number of fused-ring (bicyclic) bond motifs is 1. The molecule has 0 radical (unpaired) electrons. The molecule has 138 valence electrons. The van der Waals surface area contributed by atoms with Crippen molar-refractivity contribution < 1.29 is 18.7 Å². The number of benzene rings is 1. The molecule has 3 aromatic heterocycles. The molecule has 0 spiro atoms. The predicted molar refractivity (Wildman–Crippen MR) is 99.5 cm³/mol. The summed E-state index contributed by atoms with van der Waals surface area (Å²) in [6.07, 6.45) is 1.47. The van der Waals surface area contributed by atoms with Crippen molar-refractivity contribution in [2.75, 3.05) is 6.54 Å². The molecule has 2 N–H and O–H groups in total. The maximum absolute atomic E-state index is 12.4. The van der Waals surface area contributed by atoms with Crippen molar-refractivity contribution in [2.45, 2.75) is 12.1 Å². The van der Waals surface area contributed by atoms with E-state index in [0.29, 0.717) is 21.7 Å². The molecular weight excluding hydrogens is 368 g/mol. The number of aliphatic hydroxyl groups is 1. The molecule has 0 saturated heterocycles. The molecule has 7 nitrogen and oxygen atoms in total. The van der Waals surface area contributed by atoms with Crippen LogP contribution in [0.15, 0.2) is 73.8 Å². The molecule has 0 saturated carbocycles. The van der Waals surface area contributed by atoms with Crippen molar-refractivity contribution in [1.29, 1.82) is 0 Å². The quantitative estimate of drug-likeness (QED) is 0.532. The van der Waals surface area contributed by atoms with Crippen molar-refractivity contribution in [3.63, 3.8) is 0 Å². The SMILES string of the molecule is O=C(Cn1c(=O)oc2ccccc21)NC[C@](O)(c1ccco1)c1cccs1. The molecule has 27 heavy (non-hydrogen) atoms. The predicted octanol–water partition coefficient (Wildman–Crippen LogP) is 2.30. The van der Waals surface area contributed by atoms with Gasteiger partial charge in [0.15, 0.2) is 11.2 Å². The number of aromatic nitrogens is 1. The third-order valence-electron chi connectivity index (χ3n) is 4.27. The van der Waals surface area contributed by atoms with Crippen molar-refractivity contribution in [1.82, 2.24) is 9.88 Å². The van der Waals surface area contributed by atoms with Crippen molar-refractivity contribution in [2.24, 2.45) is 0 Å². The minimum atomic E-state index is -1.49. The van der Waals surface area contributed by atoms with E-state index >= 15 is 0 Å². The van der Waals surface area contributed by atoms with Crippen LogP contribution in [-0.2, 0) is 16.9 Å². The molecule has 0 bridgehead atoms. The van der Waals surface area contributed by atoms with Crippen LogP contribution in [0.3, 0.4) is 0 Å². The van der Waals surface area contributed by atoms with Gasteiger partial charge in [0.05, 0.1) is 18.3 Å². The largest absolute Gasteiger partial charge is 0.466 e. The Labute approximate surface area is 157 Å². The number of rotatable bonds is 6. The lowest BCUT2D eigenvalue weighted by atomic mass is 9.98. The number of oxazole rings is 1. The molecule has 1 aromatic carbocycles. The summed E-state index contributed by atoms with van der Waals surface area (Å²) in [4.78, 5) is 25.1. The Hall–Kier alpha value is -3.10. The fourth-order valence-corrected chi connectivity index (χ4v) is 3.74. The van der Waals surface area contributed by atoms with Gasteiger partial charge in [-0.3, -0.25) is 9.36 Å². The smallest absolute Gasteiger partial charge is 0.420 e. The number of thiophene rings is 1. The van der Waals surface area contributed by atoms with Crippen molar-refractivity contribution in [3.8, 4) is 0 Å². The van der Waals surface area contributed by atoms with Crippen LogP contribution in [0.5, 0.6) is 0 Å². The fraction of sp³-hybridized carbons (Fsp3) is 0.158. The number of furan rings is 1. The van der Waals surface area contributed by atoms with E-state index in [1.54, 1.807) is 42.5 Å². The van der Waals surface area contributed by atoms with Crippen LogP contribution in [0.4, 0.5) is 0 Å². The van der Waals surface area contributed by atoms with E-state index < -0.39 is 17.3 Å². The Kier molecular flexibility index (Phi) is 4.43. The molecule has 0 fully saturated rings. The standard InChI is InChI=1S/C19H16N2O5S/c22-17(11-21-13-5-1-2-6-14(13)26-18(21)23)20-12-19(24,15-7-3-9-25-15)16-8-4-10-27-16/h1-10,24H,11-12H2,(H,20,22)/t19-/m0/s1. The van der Waals surface area contributed by atoms with Crippen LogP contribution in [0, 0.1) is 0 Å². The molecule has 1 amide bonds. The number of nitrogens with one attached hydrogen (secondary N) is 1. The van der Waals surface area contributed by atoms with Gasteiger partial charge in [-0.2, -0.15) is 0 Å². The lowest BCUT2D eigenvalue weighted by Gasteiger charge is -2.25. The third-order valence-corrected chi connectivity index (χ3v) is 5.30. The number of carbonyl (C=O) groups is 1. The van der Waals surface area contributed by atoms with Crippen LogP contribution < -0.4 is 11.1 Å². The first-order valence-corrected chi connectivity index (χ1v) is 9.11. The van der Waals surface area contributed by atoms with Gasteiger partial charge in [-0.05, 0) is 35.7 Å².